The molecule has 5 atom stereocenters. The summed E-state index contributed by atoms with van der Waals surface area (Å²) in [6.45, 7) is 24.2. The average Bonchev–Trinajstić information content (AvgIpc) is 3.15. The lowest BCUT2D eigenvalue weighted by Crippen LogP contribution is -2.57. The van der Waals surface area contributed by atoms with Crippen LogP contribution >= 0.6 is 22.2 Å². The zero-order valence-electron chi connectivity index (χ0n) is 35.8. The van der Waals surface area contributed by atoms with Crippen molar-refractivity contribution in [3.05, 3.63) is 89.5 Å². The van der Waals surface area contributed by atoms with E-state index in [1.165, 1.54) is 48.1 Å². The molecule has 54 heavy (non-hydrogen) atoms. The van der Waals surface area contributed by atoms with Crippen molar-refractivity contribution in [3.63, 3.8) is 0 Å². The van der Waals surface area contributed by atoms with E-state index in [1.54, 1.807) is 6.92 Å². The van der Waals surface area contributed by atoms with Gasteiger partial charge in [-0.3, -0.25) is 9.44 Å². The van der Waals surface area contributed by atoms with Crippen molar-refractivity contribution in [3.8, 4) is 0 Å². The third-order valence-electron chi connectivity index (χ3n) is 12.4. The Bertz CT molecular complexity index is 1570. The number of aryl methyl sites for hydroxylation is 1. The van der Waals surface area contributed by atoms with Crippen LogP contribution in [0.2, 0.25) is 0 Å². The molecule has 4 N–H and O–H groups in total. The molecule has 7 rings (SSSR count). The Morgan fingerprint density at radius 1 is 0.852 bits per heavy atom. The first-order valence-electron chi connectivity index (χ1n) is 20.5. The fraction of sp³-hybridized carbons (Fsp3) is 0.609. The van der Waals surface area contributed by atoms with Gasteiger partial charge in [0.05, 0.1) is 0 Å². The largest absolute Gasteiger partial charge is 0.368 e. The van der Waals surface area contributed by atoms with Gasteiger partial charge in [-0.1, -0.05) is 103 Å². The summed E-state index contributed by atoms with van der Waals surface area (Å²) in [5.41, 5.74) is 8.80. The van der Waals surface area contributed by atoms with Gasteiger partial charge < -0.3 is 15.5 Å². The van der Waals surface area contributed by atoms with Gasteiger partial charge >= 0.3 is 0 Å². The van der Waals surface area contributed by atoms with E-state index in [0.717, 1.165) is 38.4 Å². The van der Waals surface area contributed by atoms with Crippen LogP contribution in [0.25, 0.3) is 0 Å². The SMILES string of the molecule is CC.CCCc1ccc(N2CC(CNS(C)(C)c3ccc(C(C)(F)c4ccc(N5CC6CNSCC5C(C)(C)C6)cc4)cc3)CC(C)(C)C2C)cc1.CN. The molecule has 4 aliphatic heterocycles. The molecule has 4 heterocycles. The van der Waals surface area contributed by atoms with Gasteiger partial charge in [0.1, 0.15) is 0 Å². The van der Waals surface area contributed by atoms with Crippen LogP contribution in [-0.2, 0) is 12.1 Å². The summed E-state index contributed by atoms with van der Waals surface area (Å²) in [5, 5.41) is 0. The highest BCUT2D eigenvalue weighted by Gasteiger charge is 2.43. The summed E-state index contributed by atoms with van der Waals surface area (Å²) in [4.78, 5) is 6.49. The van der Waals surface area contributed by atoms with Crippen molar-refractivity contribution < 1.29 is 4.39 Å². The van der Waals surface area contributed by atoms with Crippen molar-refractivity contribution >= 4 is 33.5 Å². The van der Waals surface area contributed by atoms with Crippen LogP contribution < -0.4 is 25.0 Å². The molecule has 3 aromatic carbocycles. The molecule has 5 unspecified atom stereocenters. The number of nitrogens with one attached hydrogen (secondary N) is 2. The molecule has 0 saturated carbocycles. The Balaban J connectivity index is 0.00000157. The maximum atomic E-state index is 16.6. The molecule has 2 bridgehead atoms. The van der Waals surface area contributed by atoms with Crippen molar-refractivity contribution in [2.24, 2.45) is 28.4 Å². The highest BCUT2D eigenvalue weighted by molar-refractivity contribution is 8.31. The normalized spacial score (nSPS) is 24.9. The van der Waals surface area contributed by atoms with Gasteiger partial charge in [0.25, 0.3) is 0 Å². The molecule has 302 valence electrons. The van der Waals surface area contributed by atoms with E-state index in [0.29, 0.717) is 35.0 Å². The van der Waals surface area contributed by atoms with Crippen molar-refractivity contribution in [2.75, 3.05) is 61.3 Å². The molecule has 3 aromatic rings. The molecule has 5 nitrogen and oxygen atoms in total. The Hall–Kier alpha value is -2.23. The third kappa shape index (κ3) is 10.2. The first kappa shape index (κ1) is 44.5. The lowest BCUT2D eigenvalue weighted by Gasteiger charge is -2.52. The Morgan fingerprint density at radius 2 is 1.41 bits per heavy atom. The number of hydrogen-bond donors (Lipinski definition) is 3. The monoisotopic (exact) mass is 780 g/mol. The van der Waals surface area contributed by atoms with E-state index in [9.17, 15) is 0 Å². The second-order valence-corrected chi connectivity index (χ2v) is 21.8. The predicted octanol–water partition coefficient (Wildman–Crippen LogP) is 10.8. The van der Waals surface area contributed by atoms with Crippen LogP contribution in [-0.4, -0.2) is 63.6 Å². The average molecular weight is 780 g/mol. The van der Waals surface area contributed by atoms with E-state index in [1.807, 2.05) is 50.1 Å². The van der Waals surface area contributed by atoms with Gasteiger partial charge in [0.15, 0.2) is 5.67 Å². The molecule has 4 saturated heterocycles. The summed E-state index contributed by atoms with van der Waals surface area (Å²) in [7, 11) is 0.228. The molecule has 0 aliphatic carbocycles. The van der Waals surface area contributed by atoms with Gasteiger partial charge in [-0.05, 0) is 128 Å². The highest BCUT2D eigenvalue weighted by Crippen LogP contribution is 2.48. The van der Waals surface area contributed by atoms with Gasteiger partial charge in [0, 0.05) is 60.3 Å². The second-order valence-electron chi connectivity index (χ2n) is 17.4. The fourth-order valence-electron chi connectivity index (χ4n) is 8.92. The van der Waals surface area contributed by atoms with E-state index in [-0.39, 0.29) is 10.8 Å². The lowest BCUT2D eigenvalue weighted by atomic mass is 9.72. The first-order valence-corrected chi connectivity index (χ1v) is 24.0. The molecule has 8 heteroatoms. The quantitative estimate of drug-likeness (QED) is 0.178. The third-order valence-corrected chi connectivity index (χ3v) is 15.6. The standard InChI is InChI=1S/C43H63FN4S2.C2H6.CH5N/c1-10-11-32-12-18-37(19-13-32)47-28-34(24-41(3,4)31(47)2)27-46-50(8,9)39-22-16-36(17-23-39)43(7,44)35-14-20-38(21-15-35)48-29-33-25-42(5,6)40(48)30-49-45-26-33;2*1-2/h12-23,31,33-34,40,45-46H,10-11,24-30H2,1-9H3;1-2H3;2H2,1H3. The molecular weight excluding hydrogens is 706 g/mol. The molecule has 4 aliphatic rings. The summed E-state index contributed by atoms with van der Waals surface area (Å²) in [6, 6.07) is 26.9. The summed E-state index contributed by atoms with van der Waals surface area (Å²) in [5.74, 6) is 2.24. The van der Waals surface area contributed by atoms with E-state index in [2.05, 4.69) is 128 Å². The van der Waals surface area contributed by atoms with E-state index in [4.69, 9.17) is 0 Å². The molecule has 0 radical (unpaired) electrons. The minimum atomic E-state index is -1.57. The molecule has 0 aromatic heterocycles. The van der Waals surface area contributed by atoms with Crippen LogP contribution in [0.4, 0.5) is 15.8 Å². The predicted molar refractivity (Wildman–Crippen MR) is 240 cm³/mol. The van der Waals surface area contributed by atoms with Crippen LogP contribution in [0.5, 0.6) is 0 Å². The number of hydrogen-bond acceptors (Lipinski definition) is 6. The number of piperidine rings is 2. The molecule has 0 amide bonds. The molecule has 0 spiro atoms. The number of anilines is 2. The minimum Gasteiger partial charge on any atom is -0.368 e. The lowest BCUT2D eigenvalue weighted by molar-refractivity contribution is 0.173. The van der Waals surface area contributed by atoms with Crippen LogP contribution in [0.3, 0.4) is 0 Å². The topological polar surface area (TPSA) is 56.6 Å². The van der Waals surface area contributed by atoms with Crippen LogP contribution in [0, 0.1) is 22.7 Å². The van der Waals surface area contributed by atoms with E-state index >= 15 is 4.39 Å². The van der Waals surface area contributed by atoms with Crippen molar-refractivity contribution in [1.82, 2.24) is 9.44 Å². The smallest absolute Gasteiger partial charge is 0.158 e. The number of benzene rings is 3. The molecule has 4 fully saturated rings. The number of nitrogens with two attached hydrogens (primary N) is 1. The van der Waals surface area contributed by atoms with Gasteiger partial charge in [0.2, 0.25) is 0 Å². The van der Waals surface area contributed by atoms with Crippen molar-refractivity contribution in [2.45, 2.75) is 111 Å². The maximum absolute atomic E-state index is 16.6. The van der Waals surface area contributed by atoms with E-state index < -0.39 is 15.9 Å². The Morgan fingerprint density at radius 3 is 2.00 bits per heavy atom. The summed E-state index contributed by atoms with van der Waals surface area (Å²) >= 11 is 1.85. The number of nitrogens with zero attached hydrogens (tertiary/aromatic N) is 2. The fourth-order valence-corrected chi connectivity index (χ4v) is 11.8. The highest BCUT2D eigenvalue weighted by atomic mass is 32.3. The number of halogens is 1. The summed E-state index contributed by atoms with van der Waals surface area (Å²) < 4.78 is 24.2. The van der Waals surface area contributed by atoms with Gasteiger partial charge in [-0.25, -0.2) is 4.39 Å². The van der Waals surface area contributed by atoms with Gasteiger partial charge in [-0.2, -0.15) is 10.2 Å². The number of fused-ring (bicyclic) bond motifs is 5. The number of alkyl halides is 1. The maximum Gasteiger partial charge on any atom is 0.158 e. The zero-order valence-corrected chi connectivity index (χ0v) is 37.4. The van der Waals surface area contributed by atoms with Crippen molar-refractivity contribution in [1.29, 1.82) is 0 Å². The number of rotatable bonds is 10. The van der Waals surface area contributed by atoms with Crippen LogP contribution in [0.1, 0.15) is 98.3 Å². The Kier molecular flexibility index (Phi) is 15.5. The minimum absolute atomic E-state index is 0.219. The molecular formula is C46H74FN5S2. The zero-order chi connectivity index (χ0) is 39.9. The second kappa shape index (κ2) is 18.8. The Labute approximate surface area is 335 Å². The first-order chi connectivity index (χ1) is 25.6. The van der Waals surface area contributed by atoms with Gasteiger partial charge in [-0.15, -0.1) is 0 Å². The van der Waals surface area contributed by atoms with Crippen LogP contribution in [0.15, 0.2) is 77.7 Å². The summed E-state index contributed by atoms with van der Waals surface area (Å²) in [6.07, 6.45) is 9.44.